The van der Waals surface area contributed by atoms with Crippen molar-refractivity contribution in [1.29, 1.82) is 0 Å². The van der Waals surface area contributed by atoms with Gasteiger partial charge in [-0.15, -0.1) is 6.58 Å². The maximum absolute atomic E-state index is 11.2. The number of carbonyl (C=O) groups excluding carboxylic acids is 1. The molecule has 20 heavy (non-hydrogen) atoms. The van der Waals surface area contributed by atoms with Gasteiger partial charge in [-0.1, -0.05) is 12.2 Å². The third-order valence-electron chi connectivity index (χ3n) is 2.68. The van der Waals surface area contributed by atoms with E-state index < -0.39 is 8.80 Å². The summed E-state index contributed by atoms with van der Waals surface area (Å²) in [4.78, 5) is 11.2. The van der Waals surface area contributed by atoms with Crippen molar-refractivity contribution in [3.63, 3.8) is 0 Å². The van der Waals surface area contributed by atoms with Crippen LogP contribution in [0, 0.1) is 0 Å². The lowest BCUT2D eigenvalue weighted by molar-refractivity contribution is -0.139. The first-order valence-corrected chi connectivity index (χ1v) is 8.51. The third kappa shape index (κ3) is 7.59. The monoisotopic (exact) mass is 302 g/mol. The maximum Gasteiger partial charge on any atom is 0.500 e. The van der Waals surface area contributed by atoms with Crippen LogP contribution in [-0.4, -0.2) is 42.2 Å². The first-order chi connectivity index (χ1) is 9.37. The van der Waals surface area contributed by atoms with E-state index in [4.69, 9.17) is 18.0 Å². The predicted molar refractivity (Wildman–Crippen MR) is 80.4 cm³/mol. The molecule has 0 aromatic rings. The average molecular weight is 302 g/mol. The molecule has 0 rings (SSSR count). The summed E-state index contributed by atoms with van der Waals surface area (Å²) in [7, 11) is 0.495. The van der Waals surface area contributed by atoms with E-state index in [0.29, 0.717) is 31.3 Å². The minimum atomic E-state index is -2.66. The minimum Gasteiger partial charge on any atom is -0.462 e. The fourth-order valence-electron chi connectivity index (χ4n) is 1.43. The van der Waals surface area contributed by atoms with E-state index in [1.54, 1.807) is 21.1 Å². The van der Waals surface area contributed by atoms with Crippen molar-refractivity contribution < 1.29 is 22.8 Å². The molecule has 0 amide bonds. The Bertz CT molecular complexity index is 336. The number of hydrogen-bond donors (Lipinski definition) is 0. The molecule has 0 aliphatic heterocycles. The van der Waals surface area contributed by atoms with Crippen molar-refractivity contribution in [1.82, 2.24) is 0 Å². The lowest BCUT2D eigenvalue weighted by Gasteiger charge is -2.26. The zero-order valence-corrected chi connectivity index (χ0v) is 14.0. The lowest BCUT2D eigenvalue weighted by Crippen LogP contribution is -2.44. The highest BCUT2D eigenvalue weighted by atomic mass is 28.4. The van der Waals surface area contributed by atoms with Gasteiger partial charge in [-0.05, 0) is 26.7 Å². The van der Waals surface area contributed by atoms with Crippen LogP contribution in [0.2, 0.25) is 6.04 Å². The molecule has 0 aliphatic rings. The van der Waals surface area contributed by atoms with Gasteiger partial charge in [0.15, 0.2) is 0 Å². The molecule has 0 unspecified atom stereocenters. The van der Waals surface area contributed by atoms with Crippen LogP contribution in [0.4, 0.5) is 0 Å². The SMILES string of the molecule is C=C(C)CCO[Si](CCCOC(=O)C(=C)C)(OC)OC. The molecule has 0 fully saturated rings. The van der Waals surface area contributed by atoms with Crippen LogP contribution in [0.5, 0.6) is 0 Å². The van der Waals surface area contributed by atoms with Crippen molar-refractivity contribution in [2.24, 2.45) is 0 Å². The van der Waals surface area contributed by atoms with E-state index in [2.05, 4.69) is 13.2 Å². The molecule has 0 saturated carbocycles. The van der Waals surface area contributed by atoms with Crippen LogP contribution in [0.3, 0.4) is 0 Å². The molecule has 6 heteroatoms. The summed E-state index contributed by atoms with van der Waals surface area (Å²) in [6.45, 7) is 11.7. The van der Waals surface area contributed by atoms with Gasteiger partial charge in [-0.3, -0.25) is 0 Å². The molecule has 0 bridgehead atoms. The normalized spacial score (nSPS) is 11.2. The van der Waals surface area contributed by atoms with Gasteiger partial charge < -0.3 is 18.0 Å². The molecule has 0 heterocycles. The Labute approximate surface area is 122 Å². The molecule has 0 aromatic carbocycles. The average Bonchev–Trinajstić information content (AvgIpc) is 2.40. The molecule has 0 N–H and O–H groups in total. The van der Waals surface area contributed by atoms with Crippen molar-refractivity contribution in [2.75, 3.05) is 27.4 Å². The molecule has 0 radical (unpaired) electrons. The van der Waals surface area contributed by atoms with Crippen LogP contribution < -0.4 is 0 Å². The maximum atomic E-state index is 11.2. The predicted octanol–water partition coefficient (Wildman–Crippen LogP) is 2.71. The van der Waals surface area contributed by atoms with Gasteiger partial charge in [0.2, 0.25) is 0 Å². The summed E-state index contributed by atoms with van der Waals surface area (Å²) >= 11 is 0. The smallest absolute Gasteiger partial charge is 0.462 e. The van der Waals surface area contributed by atoms with Crippen molar-refractivity contribution in [3.05, 3.63) is 24.3 Å². The molecular formula is C14H26O5Si. The van der Waals surface area contributed by atoms with E-state index in [1.165, 1.54) is 0 Å². The highest BCUT2D eigenvalue weighted by molar-refractivity contribution is 6.60. The zero-order chi connectivity index (χ0) is 15.6. The molecule has 0 aromatic heterocycles. The highest BCUT2D eigenvalue weighted by Crippen LogP contribution is 2.17. The van der Waals surface area contributed by atoms with E-state index in [9.17, 15) is 4.79 Å². The Kier molecular flexibility index (Phi) is 9.40. The van der Waals surface area contributed by atoms with E-state index in [1.807, 2.05) is 6.92 Å². The molecule has 0 atom stereocenters. The summed E-state index contributed by atoms with van der Waals surface area (Å²) in [5.74, 6) is -0.379. The van der Waals surface area contributed by atoms with Gasteiger partial charge >= 0.3 is 14.8 Å². The lowest BCUT2D eigenvalue weighted by atomic mass is 10.3. The second kappa shape index (κ2) is 9.87. The van der Waals surface area contributed by atoms with Crippen LogP contribution >= 0.6 is 0 Å². The van der Waals surface area contributed by atoms with Gasteiger partial charge in [-0.2, -0.15) is 0 Å². The number of esters is 1. The van der Waals surface area contributed by atoms with Crippen LogP contribution in [0.15, 0.2) is 24.3 Å². The first-order valence-electron chi connectivity index (χ1n) is 6.58. The van der Waals surface area contributed by atoms with E-state index in [0.717, 1.165) is 12.0 Å². The van der Waals surface area contributed by atoms with Crippen LogP contribution in [0.1, 0.15) is 26.7 Å². The number of hydrogen-bond acceptors (Lipinski definition) is 5. The van der Waals surface area contributed by atoms with Gasteiger partial charge in [0.05, 0.1) is 6.61 Å². The molecule has 116 valence electrons. The van der Waals surface area contributed by atoms with Gasteiger partial charge in [0, 0.05) is 32.4 Å². The molecule has 0 saturated heterocycles. The van der Waals surface area contributed by atoms with Crippen LogP contribution in [-0.2, 0) is 22.8 Å². The molecule has 0 aliphatic carbocycles. The van der Waals surface area contributed by atoms with E-state index in [-0.39, 0.29) is 5.97 Å². The fraction of sp³-hybridized carbons (Fsp3) is 0.643. The molecule has 0 spiro atoms. The standard InChI is InChI=1S/C14H26O5Si/c1-12(2)8-10-19-20(16-5,17-6)11-7-9-18-14(15)13(3)4/h1,3,7-11H2,2,4-6H3. The van der Waals surface area contributed by atoms with E-state index >= 15 is 0 Å². The largest absolute Gasteiger partial charge is 0.500 e. The van der Waals surface area contributed by atoms with Crippen molar-refractivity contribution in [3.8, 4) is 0 Å². The topological polar surface area (TPSA) is 54.0 Å². The second-order valence-corrected chi connectivity index (χ2v) is 7.64. The number of ether oxygens (including phenoxy) is 1. The van der Waals surface area contributed by atoms with Gasteiger partial charge in [0.25, 0.3) is 0 Å². The highest BCUT2D eigenvalue weighted by Gasteiger charge is 2.38. The van der Waals surface area contributed by atoms with Crippen LogP contribution in [0.25, 0.3) is 0 Å². The number of carbonyl (C=O) groups is 1. The Morgan fingerprint density at radius 1 is 1.10 bits per heavy atom. The van der Waals surface area contributed by atoms with Gasteiger partial charge in [-0.25, -0.2) is 4.79 Å². The summed E-state index contributed by atoms with van der Waals surface area (Å²) in [6.07, 6.45) is 1.39. The Balaban J connectivity index is 4.15. The summed E-state index contributed by atoms with van der Waals surface area (Å²) in [5.41, 5.74) is 1.44. The fourth-order valence-corrected chi connectivity index (χ4v) is 3.38. The minimum absolute atomic E-state index is 0.303. The summed E-state index contributed by atoms with van der Waals surface area (Å²) < 4.78 is 21.7. The Morgan fingerprint density at radius 3 is 2.15 bits per heavy atom. The third-order valence-corrected chi connectivity index (χ3v) is 5.54. The first kappa shape index (κ1) is 19.0. The van der Waals surface area contributed by atoms with Crippen molar-refractivity contribution >= 4 is 14.8 Å². The molecule has 5 nitrogen and oxygen atoms in total. The zero-order valence-electron chi connectivity index (χ0n) is 13.0. The molecular weight excluding hydrogens is 276 g/mol. The summed E-state index contributed by atoms with van der Waals surface area (Å²) in [5, 5.41) is 0. The summed E-state index contributed by atoms with van der Waals surface area (Å²) in [6, 6.07) is 0.597. The van der Waals surface area contributed by atoms with Gasteiger partial charge in [0.1, 0.15) is 0 Å². The Morgan fingerprint density at radius 2 is 1.70 bits per heavy atom. The second-order valence-electron chi connectivity index (χ2n) is 4.67. The Hall–Kier alpha value is -0.953. The quantitative estimate of drug-likeness (QED) is 0.193. The number of rotatable bonds is 11. The van der Waals surface area contributed by atoms with Crippen molar-refractivity contribution in [2.45, 2.75) is 32.7 Å².